The van der Waals surface area contributed by atoms with E-state index >= 15 is 0 Å². The van der Waals surface area contributed by atoms with E-state index in [0.29, 0.717) is 12.1 Å². The Morgan fingerprint density at radius 1 is 1.18 bits per heavy atom. The normalized spacial score (nSPS) is 16.9. The molecule has 1 nitrogen and oxygen atoms in total. The summed E-state index contributed by atoms with van der Waals surface area (Å²) in [6, 6.07) is 1.40. The predicted octanol–water partition coefficient (Wildman–Crippen LogP) is 3.88. The second kappa shape index (κ2) is 6.54. The molecule has 0 fully saturated rings. The summed E-state index contributed by atoms with van der Waals surface area (Å²) in [4.78, 5) is 0. The van der Waals surface area contributed by atoms with Crippen LogP contribution in [-0.2, 0) is 0 Å². The van der Waals surface area contributed by atoms with E-state index in [4.69, 9.17) is 0 Å². The maximum Gasteiger partial charge on any atom is 0.0181 e. The average Bonchev–Trinajstić information content (AvgIpc) is 2.05. The first-order chi connectivity index (χ1) is 5.17. The van der Waals surface area contributed by atoms with E-state index in [1.165, 1.54) is 12.8 Å². The van der Waals surface area contributed by atoms with E-state index in [9.17, 15) is 0 Å². The Kier molecular flexibility index (Phi) is 7.16. The summed E-state index contributed by atoms with van der Waals surface area (Å²) < 4.78 is 2.47. The summed E-state index contributed by atoms with van der Waals surface area (Å²) in [6.07, 6.45) is 2.47. The number of halogens is 1. The molecule has 0 aliphatic rings. The lowest BCUT2D eigenvalue weighted by Crippen LogP contribution is -2.32. The van der Waals surface area contributed by atoms with Gasteiger partial charge in [0.2, 0.25) is 0 Å². The van der Waals surface area contributed by atoms with Crippen LogP contribution in [0.4, 0.5) is 0 Å². The standard InChI is InChI=1S/C8H18INS/c1-5-7(3)10(11-9)8(4)6-2/h7-8H,5-6H2,1-4H3. The first-order valence-corrected chi connectivity index (χ1v) is 7.55. The Balaban J connectivity index is 3.92. The first-order valence-electron chi connectivity index (χ1n) is 4.24. The molecule has 0 amide bonds. The minimum absolute atomic E-state index is 0.701. The van der Waals surface area contributed by atoms with Crippen LogP contribution in [0.15, 0.2) is 0 Å². The van der Waals surface area contributed by atoms with E-state index in [1.807, 2.05) is 9.12 Å². The summed E-state index contributed by atoms with van der Waals surface area (Å²) >= 11 is 2.37. The van der Waals surface area contributed by atoms with Crippen molar-refractivity contribution in [1.29, 1.82) is 0 Å². The van der Waals surface area contributed by atoms with Crippen molar-refractivity contribution in [2.75, 3.05) is 0 Å². The highest BCUT2D eigenvalue weighted by atomic mass is 127. The van der Waals surface area contributed by atoms with Gasteiger partial charge in [0, 0.05) is 33.3 Å². The minimum Gasteiger partial charge on any atom is -0.236 e. The van der Waals surface area contributed by atoms with Crippen molar-refractivity contribution in [2.45, 2.75) is 52.6 Å². The number of nitrogens with zero attached hydrogens (tertiary/aromatic N) is 1. The van der Waals surface area contributed by atoms with Crippen LogP contribution in [-0.4, -0.2) is 16.4 Å². The topological polar surface area (TPSA) is 3.24 Å². The number of rotatable bonds is 5. The lowest BCUT2D eigenvalue weighted by atomic mass is 10.2. The van der Waals surface area contributed by atoms with Crippen molar-refractivity contribution in [3.8, 4) is 0 Å². The average molecular weight is 287 g/mol. The second-order valence-electron chi connectivity index (χ2n) is 2.94. The van der Waals surface area contributed by atoms with E-state index in [1.54, 1.807) is 0 Å². The molecule has 0 radical (unpaired) electrons. The molecule has 0 rings (SSSR count). The van der Waals surface area contributed by atoms with Gasteiger partial charge in [0.05, 0.1) is 0 Å². The first kappa shape index (κ1) is 12.0. The lowest BCUT2D eigenvalue weighted by Gasteiger charge is -2.29. The smallest absolute Gasteiger partial charge is 0.0181 e. The van der Waals surface area contributed by atoms with Crippen LogP contribution in [0, 0.1) is 0 Å². The Bertz CT molecular complexity index is 90.1. The fourth-order valence-corrected chi connectivity index (χ4v) is 3.83. The van der Waals surface area contributed by atoms with Crippen LogP contribution in [0.25, 0.3) is 0 Å². The van der Waals surface area contributed by atoms with Gasteiger partial charge in [-0.05, 0) is 35.8 Å². The summed E-state index contributed by atoms with van der Waals surface area (Å²) in [7, 11) is 1.84. The van der Waals surface area contributed by atoms with Crippen LogP contribution in [0.1, 0.15) is 40.5 Å². The Labute approximate surface area is 87.0 Å². The van der Waals surface area contributed by atoms with Gasteiger partial charge in [-0.15, -0.1) is 0 Å². The molecule has 0 aliphatic carbocycles. The van der Waals surface area contributed by atoms with Crippen molar-refractivity contribution < 1.29 is 0 Å². The zero-order valence-corrected chi connectivity index (χ0v) is 10.8. The summed E-state index contributed by atoms with van der Waals surface area (Å²) in [5, 5.41) is 0. The quantitative estimate of drug-likeness (QED) is 0.557. The monoisotopic (exact) mass is 287 g/mol. The number of hydrogen-bond acceptors (Lipinski definition) is 2. The third-order valence-electron chi connectivity index (χ3n) is 2.13. The highest BCUT2D eigenvalue weighted by Gasteiger charge is 2.16. The molecule has 68 valence electrons. The van der Waals surface area contributed by atoms with Gasteiger partial charge in [0.1, 0.15) is 0 Å². The summed E-state index contributed by atoms with van der Waals surface area (Å²) in [6.45, 7) is 9.06. The van der Waals surface area contributed by atoms with Crippen molar-refractivity contribution in [1.82, 2.24) is 4.31 Å². The third-order valence-corrected chi connectivity index (χ3v) is 4.37. The molecule has 2 atom stereocenters. The zero-order valence-electron chi connectivity index (χ0n) is 7.80. The van der Waals surface area contributed by atoms with E-state index in [-0.39, 0.29) is 0 Å². The van der Waals surface area contributed by atoms with Gasteiger partial charge in [-0.2, -0.15) is 0 Å². The Hall–Kier alpha value is 1.04. The van der Waals surface area contributed by atoms with Gasteiger partial charge in [-0.25, -0.2) is 4.31 Å². The Morgan fingerprint density at radius 3 is 1.73 bits per heavy atom. The molecule has 2 unspecified atom stereocenters. The van der Waals surface area contributed by atoms with Gasteiger partial charge in [0.15, 0.2) is 0 Å². The van der Waals surface area contributed by atoms with Crippen LogP contribution in [0.5, 0.6) is 0 Å². The molecule has 3 heteroatoms. The highest BCUT2D eigenvalue weighted by Crippen LogP contribution is 2.27. The summed E-state index contributed by atoms with van der Waals surface area (Å²) in [5.74, 6) is 0. The SMILES string of the molecule is CCC(C)N(SI)C(C)CC. The zero-order chi connectivity index (χ0) is 8.85. The molecule has 0 spiro atoms. The maximum absolute atomic E-state index is 2.47. The van der Waals surface area contributed by atoms with E-state index < -0.39 is 0 Å². The van der Waals surface area contributed by atoms with Gasteiger partial charge in [0.25, 0.3) is 0 Å². The second-order valence-corrected chi connectivity index (χ2v) is 4.68. The van der Waals surface area contributed by atoms with E-state index in [2.05, 4.69) is 53.2 Å². The van der Waals surface area contributed by atoms with Crippen LogP contribution in [0.3, 0.4) is 0 Å². The van der Waals surface area contributed by atoms with Gasteiger partial charge in [-0.1, -0.05) is 13.8 Å². The molecule has 0 aromatic heterocycles. The molecule has 0 aromatic carbocycles. The molecule has 0 aromatic rings. The van der Waals surface area contributed by atoms with Crippen LogP contribution >= 0.6 is 30.3 Å². The minimum atomic E-state index is 0.701. The van der Waals surface area contributed by atoms with E-state index in [0.717, 1.165) is 0 Å². The molecular formula is C8H18INS. The van der Waals surface area contributed by atoms with Crippen LogP contribution < -0.4 is 0 Å². The molecule has 0 saturated carbocycles. The molecule has 0 N–H and O–H groups in total. The lowest BCUT2D eigenvalue weighted by molar-refractivity contribution is 0.293. The highest BCUT2D eigenvalue weighted by molar-refractivity contribution is 14.2. The molecule has 0 heterocycles. The largest absolute Gasteiger partial charge is 0.236 e. The molecular weight excluding hydrogens is 269 g/mol. The van der Waals surface area contributed by atoms with Crippen molar-refractivity contribution in [3.63, 3.8) is 0 Å². The van der Waals surface area contributed by atoms with Crippen LogP contribution in [0.2, 0.25) is 0 Å². The molecule has 11 heavy (non-hydrogen) atoms. The Morgan fingerprint density at radius 2 is 1.55 bits per heavy atom. The maximum atomic E-state index is 2.47. The van der Waals surface area contributed by atoms with Crippen molar-refractivity contribution in [3.05, 3.63) is 0 Å². The van der Waals surface area contributed by atoms with Crippen molar-refractivity contribution in [2.24, 2.45) is 0 Å². The molecule has 0 bridgehead atoms. The fourth-order valence-electron chi connectivity index (χ4n) is 0.930. The molecule has 0 saturated heterocycles. The molecule has 0 aliphatic heterocycles. The van der Waals surface area contributed by atoms with Crippen molar-refractivity contribution >= 4 is 30.3 Å². The van der Waals surface area contributed by atoms with Gasteiger partial charge in [-0.3, -0.25) is 0 Å². The third kappa shape index (κ3) is 3.99. The van der Waals surface area contributed by atoms with Gasteiger partial charge < -0.3 is 0 Å². The predicted molar refractivity (Wildman–Crippen MR) is 63.0 cm³/mol. The van der Waals surface area contributed by atoms with Gasteiger partial charge >= 0.3 is 0 Å². The number of hydrogen-bond donors (Lipinski definition) is 0. The summed E-state index contributed by atoms with van der Waals surface area (Å²) in [5.41, 5.74) is 0. The fraction of sp³-hybridized carbons (Fsp3) is 1.00.